The molecule has 0 amide bonds. The van der Waals surface area contributed by atoms with Crippen molar-refractivity contribution < 1.29 is 5.48 Å². The predicted molar refractivity (Wildman–Crippen MR) is 65.0 cm³/mol. The minimum atomic E-state index is -0.262. The number of hydrogen-bond donors (Lipinski definition) is 0. The van der Waals surface area contributed by atoms with Crippen molar-refractivity contribution in [2.75, 3.05) is 0 Å². The zero-order chi connectivity index (χ0) is 14.3. The third-order valence-corrected chi connectivity index (χ3v) is 2.27. The first kappa shape index (κ1) is 5.75. The molecule has 2 heteroatoms. The number of para-hydroxylation sites is 2. The molecule has 0 aliphatic rings. The van der Waals surface area contributed by atoms with E-state index in [9.17, 15) is 0 Å². The molecule has 1 aromatic heterocycles. The molecular formula is C14H10N2. The van der Waals surface area contributed by atoms with Crippen molar-refractivity contribution in [3.63, 3.8) is 0 Å². The van der Waals surface area contributed by atoms with E-state index in [0.717, 1.165) is 5.52 Å². The molecule has 3 aromatic rings. The molecule has 0 radical (unpaired) electrons. The fourth-order valence-corrected chi connectivity index (χ4v) is 1.50. The van der Waals surface area contributed by atoms with Gasteiger partial charge < -0.3 is 0 Å². The van der Waals surface area contributed by atoms with Gasteiger partial charge in [0.2, 0.25) is 0 Å². The van der Waals surface area contributed by atoms with Gasteiger partial charge in [-0.1, -0.05) is 42.4 Å². The van der Waals surface area contributed by atoms with E-state index in [0.29, 0.717) is 16.8 Å². The molecule has 0 atom stereocenters. The standard InChI is InChI=1S/C14H10N2/c1-2-6-11(7-3-1)14-10-15-12-8-4-5-9-13(12)16-14/h1-10H/i1D,2D,3D,6D. The van der Waals surface area contributed by atoms with Gasteiger partial charge in [0.15, 0.2) is 0 Å². The Balaban J connectivity index is 2.25. The normalized spacial score (nSPS) is 14.0. The van der Waals surface area contributed by atoms with E-state index in [-0.39, 0.29) is 24.2 Å². The van der Waals surface area contributed by atoms with E-state index in [1.165, 1.54) is 12.3 Å². The average molecular weight is 210 g/mol. The zero-order valence-electron chi connectivity index (χ0n) is 12.4. The van der Waals surface area contributed by atoms with E-state index in [1.54, 1.807) is 0 Å². The van der Waals surface area contributed by atoms with Crippen molar-refractivity contribution in [1.29, 1.82) is 0 Å². The summed E-state index contributed by atoms with van der Waals surface area (Å²) in [6.07, 6.45) is 1.53. The van der Waals surface area contributed by atoms with Crippen LogP contribution >= 0.6 is 0 Å². The van der Waals surface area contributed by atoms with Gasteiger partial charge in [-0.2, -0.15) is 0 Å². The second-order valence-electron chi connectivity index (χ2n) is 3.32. The van der Waals surface area contributed by atoms with Crippen molar-refractivity contribution in [1.82, 2.24) is 9.97 Å². The number of nitrogens with zero attached hydrogens (tertiary/aromatic N) is 2. The molecule has 0 N–H and O–H groups in total. The molecule has 16 heavy (non-hydrogen) atoms. The maximum atomic E-state index is 7.92. The number of hydrogen-bond acceptors (Lipinski definition) is 2. The fourth-order valence-electron chi connectivity index (χ4n) is 1.50. The molecule has 76 valence electrons. The number of fused-ring (bicyclic) bond motifs is 1. The van der Waals surface area contributed by atoms with E-state index in [1.807, 2.05) is 24.3 Å². The number of aromatic nitrogens is 2. The minimum absolute atomic E-state index is 0.0871. The average Bonchev–Trinajstić information content (AvgIpc) is 2.48. The molecule has 2 nitrogen and oxygen atoms in total. The van der Waals surface area contributed by atoms with E-state index < -0.39 is 0 Å². The van der Waals surface area contributed by atoms with Gasteiger partial charge in [0, 0.05) is 5.56 Å². The van der Waals surface area contributed by atoms with Crippen molar-refractivity contribution in [3.05, 3.63) is 60.7 Å². The Labute approximate surface area is 99.2 Å². The van der Waals surface area contributed by atoms with Gasteiger partial charge in [0.1, 0.15) is 0 Å². The van der Waals surface area contributed by atoms with Crippen LogP contribution in [0.1, 0.15) is 5.48 Å². The first-order valence-electron chi connectivity index (χ1n) is 6.87. The smallest absolute Gasteiger partial charge is 0.0894 e. The highest BCUT2D eigenvalue weighted by Crippen LogP contribution is 2.18. The van der Waals surface area contributed by atoms with Crippen molar-refractivity contribution in [2.24, 2.45) is 0 Å². The summed E-state index contributed by atoms with van der Waals surface area (Å²) in [5, 5.41) is 0. The topological polar surface area (TPSA) is 25.8 Å². The van der Waals surface area contributed by atoms with Gasteiger partial charge >= 0.3 is 0 Å². The monoisotopic (exact) mass is 210 g/mol. The molecular weight excluding hydrogens is 196 g/mol. The second kappa shape index (κ2) is 3.74. The maximum absolute atomic E-state index is 7.92. The van der Waals surface area contributed by atoms with Gasteiger partial charge in [0.05, 0.1) is 28.4 Å². The third-order valence-electron chi connectivity index (χ3n) is 2.27. The first-order valence-corrected chi connectivity index (χ1v) is 4.87. The Bertz CT molecular complexity index is 818. The van der Waals surface area contributed by atoms with Gasteiger partial charge in [-0.25, -0.2) is 4.98 Å². The molecule has 0 aliphatic heterocycles. The Morgan fingerprint density at radius 2 is 1.81 bits per heavy atom. The van der Waals surface area contributed by atoms with E-state index in [2.05, 4.69) is 9.97 Å². The zero-order valence-corrected chi connectivity index (χ0v) is 8.36. The quantitative estimate of drug-likeness (QED) is 0.616. The molecule has 3 rings (SSSR count). The summed E-state index contributed by atoms with van der Waals surface area (Å²) < 4.78 is 30.8. The molecule has 2 aromatic carbocycles. The Hall–Kier alpha value is -2.22. The van der Waals surface area contributed by atoms with Crippen molar-refractivity contribution in [2.45, 2.75) is 0 Å². The van der Waals surface area contributed by atoms with Crippen molar-refractivity contribution in [3.8, 4) is 11.3 Å². The Kier molecular flexibility index (Phi) is 1.34. The molecule has 0 saturated heterocycles. The summed E-state index contributed by atoms with van der Waals surface area (Å²) >= 11 is 0. The third kappa shape index (κ3) is 1.54. The lowest BCUT2D eigenvalue weighted by atomic mass is 10.1. The SMILES string of the molecule is [2H]c1cc(-c2cnc3ccccc3n2)c([2H])c([2H])c1[2H]. The lowest BCUT2D eigenvalue weighted by Crippen LogP contribution is -1.87. The Morgan fingerprint density at radius 1 is 0.938 bits per heavy atom. The van der Waals surface area contributed by atoms with Crippen LogP contribution in [0, 0.1) is 0 Å². The molecule has 0 fully saturated rings. The first-order chi connectivity index (χ1) is 9.58. The highest BCUT2D eigenvalue weighted by molar-refractivity contribution is 5.76. The highest BCUT2D eigenvalue weighted by Gasteiger charge is 2.00. The lowest BCUT2D eigenvalue weighted by molar-refractivity contribution is 1.29. The highest BCUT2D eigenvalue weighted by atomic mass is 14.8. The van der Waals surface area contributed by atoms with Crippen LogP contribution < -0.4 is 0 Å². The molecule has 0 saturated carbocycles. The van der Waals surface area contributed by atoms with Crippen LogP contribution in [0.2, 0.25) is 0 Å². The van der Waals surface area contributed by atoms with Crippen LogP contribution in [0.25, 0.3) is 22.3 Å². The van der Waals surface area contributed by atoms with Gasteiger partial charge in [-0.05, 0) is 12.1 Å². The summed E-state index contributed by atoms with van der Waals surface area (Å²) in [4.78, 5) is 8.67. The van der Waals surface area contributed by atoms with Crippen LogP contribution in [0.5, 0.6) is 0 Å². The predicted octanol–water partition coefficient (Wildman–Crippen LogP) is 3.30. The molecule has 1 heterocycles. The van der Waals surface area contributed by atoms with Gasteiger partial charge in [-0.15, -0.1) is 0 Å². The Morgan fingerprint density at radius 3 is 2.75 bits per heavy atom. The minimum Gasteiger partial charge on any atom is -0.252 e. The number of rotatable bonds is 1. The van der Waals surface area contributed by atoms with Gasteiger partial charge in [0.25, 0.3) is 0 Å². The summed E-state index contributed by atoms with van der Waals surface area (Å²) in [6.45, 7) is 0. The molecule has 0 spiro atoms. The van der Waals surface area contributed by atoms with Crippen LogP contribution in [0.15, 0.2) is 60.7 Å². The molecule has 0 aliphatic carbocycles. The van der Waals surface area contributed by atoms with E-state index in [4.69, 9.17) is 5.48 Å². The summed E-state index contributed by atoms with van der Waals surface area (Å²) in [7, 11) is 0. The van der Waals surface area contributed by atoms with Crippen LogP contribution in [0.3, 0.4) is 0 Å². The van der Waals surface area contributed by atoms with Gasteiger partial charge in [-0.3, -0.25) is 4.98 Å². The summed E-state index contributed by atoms with van der Waals surface area (Å²) in [5.74, 6) is 0. The largest absolute Gasteiger partial charge is 0.252 e. The molecule has 0 bridgehead atoms. The van der Waals surface area contributed by atoms with Crippen LogP contribution in [-0.4, -0.2) is 9.97 Å². The van der Waals surface area contributed by atoms with Crippen molar-refractivity contribution >= 4 is 11.0 Å². The fraction of sp³-hybridized carbons (Fsp3) is 0. The summed E-state index contributed by atoms with van der Waals surface area (Å²) in [5.41, 5.74) is 2.24. The lowest BCUT2D eigenvalue weighted by Gasteiger charge is -2.01. The maximum Gasteiger partial charge on any atom is 0.0894 e. The molecule has 0 unspecified atom stereocenters. The van der Waals surface area contributed by atoms with Crippen LogP contribution in [-0.2, 0) is 0 Å². The second-order valence-corrected chi connectivity index (χ2v) is 3.32. The van der Waals surface area contributed by atoms with E-state index >= 15 is 0 Å². The number of benzene rings is 2. The van der Waals surface area contributed by atoms with Crippen LogP contribution in [0.4, 0.5) is 0 Å². The summed E-state index contributed by atoms with van der Waals surface area (Å²) in [6, 6.07) is 8.07.